The molecule has 2 atom stereocenters. The van der Waals surface area contributed by atoms with Crippen LogP contribution in [0.15, 0.2) is 24.3 Å². The average Bonchev–Trinajstić information content (AvgIpc) is 2.95. The van der Waals surface area contributed by atoms with Gasteiger partial charge in [-0.05, 0) is 18.9 Å². The number of methoxy groups -OCH3 is 2. The van der Waals surface area contributed by atoms with Crippen molar-refractivity contribution in [3.63, 3.8) is 0 Å². The third kappa shape index (κ3) is 3.87. The molecule has 0 aromatic heterocycles. The number of ether oxygens (including phenoxy) is 2. The molecule has 21 heavy (non-hydrogen) atoms. The Bertz CT molecular complexity index is 470. The van der Waals surface area contributed by atoms with E-state index in [1.165, 1.54) is 0 Å². The molecule has 118 valence electrons. The monoisotopic (exact) mass is 314 g/mol. The van der Waals surface area contributed by atoms with Crippen LogP contribution in [0.2, 0.25) is 0 Å². The van der Waals surface area contributed by atoms with E-state index in [9.17, 15) is 4.79 Å². The van der Waals surface area contributed by atoms with Crippen LogP contribution in [-0.2, 0) is 9.53 Å². The largest absolute Gasteiger partial charge is 0.496 e. The van der Waals surface area contributed by atoms with E-state index >= 15 is 0 Å². The lowest BCUT2D eigenvalue weighted by molar-refractivity contribution is -0.134. The van der Waals surface area contributed by atoms with Crippen LogP contribution in [0.3, 0.4) is 0 Å². The van der Waals surface area contributed by atoms with Gasteiger partial charge in [-0.3, -0.25) is 4.79 Å². The van der Waals surface area contributed by atoms with Gasteiger partial charge in [0, 0.05) is 19.2 Å². The molecule has 1 aromatic carbocycles. The van der Waals surface area contributed by atoms with Crippen LogP contribution in [-0.4, -0.2) is 44.2 Å². The van der Waals surface area contributed by atoms with Gasteiger partial charge < -0.3 is 20.1 Å². The van der Waals surface area contributed by atoms with E-state index in [1.807, 2.05) is 29.2 Å². The quantitative estimate of drug-likeness (QED) is 0.899. The highest BCUT2D eigenvalue weighted by Gasteiger charge is 2.33. The standard InChI is InChI=1S/C15H22N2O3.ClH/c1-19-10-12(16)15(18)17-9-5-7-13(17)11-6-3-4-8-14(11)20-2;/h3-4,6,8,12-13H,5,7,9-10,16H2,1-2H3;1H. The fourth-order valence-corrected chi connectivity index (χ4v) is 2.76. The molecule has 2 unspecified atom stereocenters. The number of hydrogen-bond donors (Lipinski definition) is 1. The Morgan fingerprint density at radius 3 is 2.81 bits per heavy atom. The first-order chi connectivity index (χ1) is 9.69. The van der Waals surface area contributed by atoms with Crippen LogP contribution in [0.1, 0.15) is 24.4 Å². The highest BCUT2D eigenvalue weighted by atomic mass is 35.5. The lowest BCUT2D eigenvalue weighted by Crippen LogP contribution is -2.45. The zero-order valence-corrected chi connectivity index (χ0v) is 13.3. The van der Waals surface area contributed by atoms with Crippen molar-refractivity contribution in [1.29, 1.82) is 0 Å². The third-order valence-electron chi connectivity index (χ3n) is 3.70. The molecule has 0 aliphatic carbocycles. The van der Waals surface area contributed by atoms with E-state index in [0.717, 1.165) is 30.7 Å². The zero-order valence-electron chi connectivity index (χ0n) is 12.5. The van der Waals surface area contributed by atoms with Crippen LogP contribution >= 0.6 is 12.4 Å². The number of para-hydroxylation sites is 1. The van der Waals surface area contributed by atoms with Crippen molar-refractivity contribution < 1.29 is 14.3 Å². The fourth-order valence-electron chi connectivity index (χ4n) is 2.76. The third-order valence-corrected chi connectivity index (χ3v) is 3.70. The van der Waals surface area contributed by atoms with Crippen molar-refractivity contribution in [2.24, 2.45) is 5.73 Å². The second-order valence-electron chi connectivity index (χ2n) is 4.99. The summed E-state index contributed by atoms with van der Waals surface area (Å²) in [4.78, 5) is 14.2. The molecule has 1 heterocycles. The van der Waals surface area contributed by atoms with Gasteiger partial charge in [-0.2, -0.15) is 0 Å². The molecular weight excluding hydrogens is 292 g/mol. The maximum absolute atomic E-state index is 12.4. The van der Waals surface area contributed by atoms with Gasteiger partial charge >= 0.3 is 0 Å². The minimum absolute atomic E-state index is 0. The Hall–Kier alpha value is -1.30. The predicted molar refractivity (Wildman–Crippen MR) is 83.8 cm³/mol. The van der Waals surface area contributed by atoms with Crippen LogP contribution in [0.25, 0.3) is 0 Å². The average molecular weight is 315 g/mol. The normalized spacial score (nSPS) is 19.0. The number of halogens is 1. The fraction of sp³-hybridized carbons (Fsp3) is 0.533. The Balaban J connectivity index is 0.00000220. The Labute approximate surface area is 131 Å². The number of nitrogens with two attached hydrogens (primary N) is 1. The number of amides is 1. The van der Waals surface area contributed by atoms with E-state index < -0.39 is 6.04 Å². The summed E-state index contributed by atoms with van der Waals surface area (Å²) in [6.07, 6.45) is 1.92. The molecule has 2 N–H and O–H groups in total. The molecular formula is C15H23ClN2O3. The number of rotatable bonds is 5. The Morgan fingerprint density at radius 2 is 2.14 bits per heavy atom. The van der Waals surface area contributed by atoms with Crippen LogP contribution in [0.5, 0.6) is 5.75 Å². The van der Waals surface area contributed by atoms with Crippen molar-refractivity contribution in [3.05, 3.63) is 29.8 Å². The molecule has 1 fully saturated rings. The first-order valence-corrected chi connectivity index (χ1v) is 6.87. The molecule has 1 amide bonds. The van der Waals surface area contributed by atoms with Crippen molar-refractivity contribution in [2.75, 3.05) is 27.4 Å². The predicted octanol–water partition coefficient (Wildman–Crippen LogP) is 1.75. The van der Waals surface area contributed by atoms with Gasteiger partial charge in [0.2, 0.25) is 5.91 Å². The SMILES string of the molecule is COCC(N)C(=O)N1CCCC1c1ccccc1OC.Cl. The molecule has 0 bridgehead atoms. The summed E-state index contributed by atoms with van der Waals surface area (Å²) < 4.78 is 10.4. The van der Waals surface area contributed by atoms with Gasteiger partial charge in [-0.25, -0.2) is 0 Å². The van der Waals surface area contributed by atoms with E-state index in [-0.39, 0.29) is 31.0 Å². The Morgan fingerprint density at radius 1 is 1.43 bits per heavy atom. The molecule has 0 saturated carbocycles. The summed E-state index contributed by atoms with van der Waals surface area (Å²) in [5.41, 5.74) is 6.92. The number of hydrogen-bond acceptors (Lipinski definition) is 4. The van der Waals surface area contributed by atoms with Gasteiger partial charge in [0.25, 0.3) is 0 Å². The van der Waals surface area contributed by atoms with E-state index in [1.54, 1.807) is 14.2 Å². The highest BCUT2D eigenvalue weighted by molar-refractivity contribution is 5.85. The Kier molecular flexibility index (Phi) is 6.95. The first kappa shape index (κ1) is 17.8. The molecule has 1 aliphatic rings. The molecule has 6 heteroatoms. The minimum Gasteiger partial charge on any atom is -0.496 e. The number of nitrogens with zero attached hydrogens (tertiary/aromatic N) is 1. The first-order valence-electron chi connectivity index (χ1n) is 6.87. The number of likely N-dealkylation sites (tertiary alicyclic amines) is 1. The molecule has 1 saturated heterocycles. The molecule has 0 radical (unpaired) electrons. The summed E-state index contributed by atoms with van der Waals surface area (Å²) in [7, 11) is 3.20. The van der Waals surface area contributed by atoms with Crippen molar-refractivity contribution >= 4 is 18.3 Å². The second-order valence-corrected chi connectivity index (χ2v) is 4.99. The smallest absolute Gasteiger partial charge is 0.242 e. The van der Waals surface area contributed by atoms with Gasteiger partial charge in [-0.1, -0.05) is 18.2 Å². The van der Waals surface area contributed by atoms with Gasteiger partial charge in [-0.15, -0.1) is 12.4 Å². The number of carbonyl (C=O) groups is 1. The lowest BCUT2D eigenvalue weighted by atomic mass is 10.0. The molecule has 1 aliphatic heterocycles. The molecule has 5 nitrogen and oxygen atoms in total. The minimum atomic E-state index is -0.602. The summed E-state index contributed by atoms with van der Waals surface area (Å²) in [6, 6.07) is 7.27. The molecule has 1 aromatic rings. The maximum atomic E-state index is 12.4. The van der Waals surface area contributed by atoms with E-state index in [2.05, 4.69) is 0 Å². The highest BCUT2D eigenvalue weighted by Crippen LogP contribution is 2.37. The summed E-state index contributed by atoms with van der Waals surface area (Å²) >= 11 is 0. The number of carbonyl (C=O) groups excluding carboxylic acids is 1. The van der Waals surface area contributed by atoms with Gasteiger partial charge in [0.15, 0.2) is 0 Å². The van der Waals surface area contributed by atoms with Crippen molar-refractivity contribution in [1.82, 2.24) is 4.90 Å². The lowest BCUT2D eigenvalue weighted by Gasteiger charge is -2.28. The van der Waals surface area contributed by atoms with Crippen LogP contribution in [0.4, 0.5) is 0 Å². The summed E-state index contributed by atoms with van der Waals surface area (Å²) in [5.74, 6) is 0.762. The summed E-state index contributed by atoms with van der Waals surface area (Å²) in [5, 5.41) is 0. The van der Waals surface area contributed by atoms with E-state index in [4.69, 9.17) is 15.2 Å². The van der Waals surface area contributed by atoms with Crippen molar-refractivity contribution in [3.8, 4) is 5.75 Å². The van der Waals surface area contributed by atoms with Crippen LogP contribution in [0, 0.1) is 0 Å². The maximum Gasteiger partial charge on any atom is 0.242 e. The molecule has 2 rings (SSSR count). The molecule has 0 spiro atoms. The van der Waals surface area contributed by atoms with Crippen molar-refractivity contribution in [2.45, 2.75) is 24.9 Å². The number of benzene rings is 1. The van der Waals surface area contributed by atoms with Crippen LogP contribution < -0.4 is 10.5 Å². The van der Waals surface area contributed by atoms with Gasteiger partial charge in [0.05, 0.1) is 19.8 Å². The van der Waals surface area contributed by atoms with Gasteiger partial charge in [0.1, 0.15) is 11.8 Å². The second kappa shape index (κ2) is 8.22. The summed E-state index contributed by atoms with van der Waals surface area (Å²) in [6.45, 7) is 0.979. The topological polar surface area (TPSA) is 64.8 Å². The zero-order chi connectivity index (χ0) is 14.5. The van der Waals surface area contributed by atoms with E-state index in [0.29, 0.717) is 0 Å².